The Morgan fingerprint density at radius 1 is 1.38 bits per heavy atom. The van der Waals surface area contributed by atoms with Crippen molar-refractivity contribution in [1.29, 1.82) is 0 Å². The molecule has 1 saturated heterocycles. The first-order valence-corrected chi connectivity index (χ1v) is 8.43. The first-order valence-electron chi connectivity index (χ1n) is 8.43. The van der Waals surface area contributed by atoms with Crippen LogP contribution in [0, 0.1) is 11.8 Å². The molecule has 3 atom stereocenters. The van der Waals surface area contributed by atoms with Crippen molar-refractivity contribution in [3.8, 4) is 0 Å². The lowest BCUT2D eigenvalue weighted by atomic mass is 9.84. The second kappa shape index (κ2) is 8.11. The lowest BCUT2D eigenvalue weighted by Gasteiger charge is -2.40. The summed E-state index contributed by atoms with van der Waals surface area (Å²) in [7, 11) is 0. The normalized spacial score (nSPS) is 28.9. The lowest BCUT2D eigenvalue weighted by molar-refractivity contribution is -0.119. The van der Waals surface area contributed by atoms with E-state index in [2.05, 4.69) is 15.5 Å². The quantitative estimate of drug-likeness (QED) is 0.643. The number of rotatable bonds is 7. The topological polar surface area (TPSA) is 64.6 Å². The Balaban J connectivity index is 1.77. The van der Waals surface area contributed by atoms with Gasteiger partial charge in [-0.15, -0.1) is 0 Å². The monoisotopic (exact) mass is 297 g/mol. The summed E-state index contributed by atoms with van der Waals surface area (Å²) in [5, 5.41) is 16.5. The number of piperidine rings is 1. The number of likely N-dealkylation sites (tertiary alicyclic amines) is 1. The van der Waals surface area contributed by atoms with E-state index in [4.69, 9.17) is 0 Å². The van der Waals surface area contributed by atoms with Crippen LogP contribution in [-0.2, 0) is 4.79 Å². The highest BCUT2D eigenvalue weighted by Crippen LogP contribution is 2.26. The SMILES string of the molecule is CC(=O)NCCN1CC(NCC2CCC2)CC(C(C)O)C1. The first kappa shape index (κ1) is 16.7. The van der Waals surface area contributed by atoms with Gasteiger partial charge in [0.15, 0.2) is 0 Å². The molecule has 0 aromatic heterocycles. The number of aliphatic hydroxyl groups excluding tert-OH is 1. The third-order valence-corrected chi connectivity index (χ3v) is 4.96. The van der Waals surface area contributed by atoms with Gasteiger partial charge in [-0.3, -0.25) is 9.69 Å². The minimum atomic E-state index is -0.262. The fourth-order valence-electron chi connectivity index (χ4n) is 3.33. The highest BCUT2D eigenvalue weighted by Gasteiger charge is 2.30. The van der Waals surface area contributed by atoms with Gasteiger partial charge in [0, 0.05) is 39.1 Å². The molecule has 1 amide bonds. The number of amides is 1. The predicted molar refractivity (Wildman–Crippen MR) is 84.0 cm³/mol. The molecular formula is C16H31N3O2. The highest BCUT2D eigenvalue weighted by molar-refractivity contribution is 5.72. The smallest absolute Gasteiger partial charge is 0.216 e. The zero-order valence-electron chi connectivity index (χ0n) is 13.5. The van der Waals surface area contributed by atoms with E-state index in [1.54, 1.807) is 6.92 Å². The highest BCUT2D eigenvalue weighted by atomic mass is 16.3. The molecule has 122 valence electrons. The zero-order valence-corrected chi connectivity index (χ0v) is 13.5. The van der Waals surface area contributed by atoms with Gasteiger partial charge in [0.2, 0.25) is 5.91 Å². The van der Waals surface area contributed by atoms with Gasteiger partial charge in [0.05, 0.1) is 6.10 Å². The molecule has 1 heterocycles. The van der Waals surface area contributed by atoms with Crippen molar-refractivity contribution < 1.29 is 9.90 Å². The fourth-order valence-corrected chi connectivity index (χ4v) is 3.33. The Bertz CT molecular complexity index is 331. The molecule has 21 heavy (non-hydrogen) atoms. The van der Waals surface area contributed by atoms with Crippen LogP contribution in [0.5, 0.6) is 0 Å². The zero-order chi connectivity index (χ0) is 15.2. The number of carbonyl (C=O) groups excluding carboxylic acids is 1. The van der Waals surface area contributed by atoms with E-state index in [0.29, 0.717) is 18.5 Å². The van der Waals surface area contributed by atoms with Gasteiger partial charge in [-0.1, -0.05) is 6.42 Å². The Morgan fingerprint density at radius 3 is 2.71 bits per heavy atom. The molecule has 1 aliphatic carbocycles. The Labute approximate surface area is 128 Å². The maximum atomic E-state index is 11.0. The van der Waals surface area contributed by atoms with Crippen LogP contribution in [0.1, 0.15) is 39.5 Å². The van der Waals surface area contributed by atoms with Crippen molar-refractivity contribution in [2.45, 2.75) is 51.7 Å². The minimum absolute atomic E-state index is 0.0266. The molecule has 3 unspecified atom stereocenters. The van der Waals surface area contributed by atoms with E-state index >= 15 is 0 Å². The van der Waals surface area contributed by atoms with Gasteiger partial charge in [-0.2, -0.15) is 0 Å². The fraction of sp³-hybridized carbons (Fsp3) is 0.938. The van der Waals surface area contributed by atoms with E-state index in [0.717, 1.165) is 38.5 Å². The summed E-state index contributed by atoms with van der Waals surface area (Å²) in [6.45, 7) is 8.08. The Hall–Kier alpha value is -0.650. The van der Waals surface area contributed by atoms with Crippen molar-refractivity contribution in [2.75, 3.05) is 32.7 Å². The number of aliphatic hydroxyl groups is 1. The number of hydrogen-bond donors (Lipinski definition) is 3. The average Bonchev–Trinajstić information content (AvgIpc) is 2.36. The minimum Gasteiger partial charge on any atom is -0.393 e. The van der Waals surface area contributed by atoms with E-state index in [1.165, 1.54) is 19.3 Å². The molecule has 2 aliphatic rings. The maximum Gasteiger partial charge on any atom is 0.216 e. The standard InChI is InChI=1S/C16H31N3O2/c1-12(20)15-8-16(18-9-14-4-3-5-14)11-19(10-15)7-6-17-13(2)21/h12,14-16,18,20H,3-11H2,1-2H3,(H,17,21). The largest absolute Gasteiger partial charge is 0.393 e. The summed E-state index contributed by atoms with van der Waals surface area (Å²) in [5.74, 6) is 1.22. The van der Waals surface area contributed by atoms with Gasteiger partial charge in [-0.05, 0) is 44.6 Å². The molecule has 1 saturated carbocycles. The number of nitrogens with zero attached hydrogens (tertiary/aromatic N) is 1. The van der Waals surface area contributed by atoms with Gasteiger partial charge in [0.1, 0.15) is 0 Å². The van der Waals surface area contributed by atoms with Crippen LogP contribution in [0.2, 0.25) is 0 Å². The summed E-state index contributed by atoms with van der Waals surface area (Å²) < 4.78 is 0. The van der Waals surface area contributed by atoms with Crippen molar-refractivity contribution >= 4 is 5.91 Å². The summed E-state index contributed by atoms with van der Waals surface area (Å²) >= 11 is 0. The van der Waals surface area contributed by atoms with Crippen LogP contribution in [0.25, 0.3) is 0 Å². The molecule has 1 aliphatic heterocycles. The molecule has 0 aromatic carbocycles. The molecule has 5 nitrogen and oxygen atoms in total. The first-order chi connectivity index (χ1) is 10.0. The van der Waals surface area contributed by atoms with Crippen LogP contribution >= 0.6 is 0 Å². The number of nitrogens with one attached hydrogen (secondary N) is 2. The van der Waals surface area contributed by atoms with Crippen molar-refractivity contribution in [2.24, 2.45) is 11.8 Å². The van der Waals surface area contributed by atoms with Crippen LogP contribution in [0.4, 0.5) is 0 Å². The maximum absolute atomic E-state index is 11.0. The Kier molecular flexibility index (Phi) is 6.45. The molecule has 0 bridgehead atoms. The van der Waals surface area contributed by atoms with Gasteiger partial charge in [-0.25, -0.2) is 0 Å². The van der Waals surface area contributed by atoms with Gasteiger partial charge >= 0.3 is 0 Å². The summed E-state index contributed by atoms with van der Waals surface area (Å²) in [6, 6.07) is 0.469. The third-order valence-electron chi connectivity index (χ3n) is 4.96. The number of carbonyl (C=O) groups is 1. The second-order valence-electron chi connectivity index (χ2n) is 6.88. The van der Waals surface area contributed by atoms with Crippen molar-refractivity contribution in [3.63, 3.8) is 0 Å². The number of hydrogen-bond acceptors (Lipinski definition) is 4. The molecule has 2 fully saturated rings. The molecular weight excluding hydrogens is 266 g/mol. The average molecular weight is 297 g/mol. The predicted octanol–water partition coefficient (Wildman–Crippen LogP) is 0.584. The van der Waals surface area contributed by atoms with Crippen LogP contribution in [0.15, 0.2) is 0 Å². The van der Waals surface area contributed by atoms with Crippen LogP contribution in [-0.4, -0.2) is 60.8 Å². The van der Waals surface area contributed by atoms with E-state index in [1.807, 2.05) is 6.92 Å². The molecule has 5 heteroatoms. The molecule has 3 N–H and O–H groups in total. The van der Waals surface area contributed by atoms with Crippen LogP contribution in [0.3, 0.4) is 0 Å². The third kappa shape index (κ3) is 5.57. The molecule has 0 radical (unpaired) electrons. The van der Waals surface area contributed by atoms with E-state index in [-0.39, 0.29) is 12.0 Å². The summed E-state index contributed by atoms with van der Waals surface area (Å²) in [5.41, 5.74) is 0. The molecule has 0 spiro atoms. The van der Waals surface area contributed by atoms with E-state index in [9.17, 15) is 9.90 Å². The Morgan fingerprint density at radius 2 is 2.14 bits per heavy atom. The molecule has 0 aromatic rings. The van der Waals surface area contributed by atoms with Crippen molar-refractivity contribution in [1.82, 2.24) is 15.5 Å². The summed E-state index contributed by atoms with van der Waals surface area (Å²) in [4.78, 5) is 13.3. The van der Waals surface area contributed by atoms with Crippen LogP contribution < -0.4 is 10.6 Å². The van der Waals surface area contributed by atoms with Crippen molar-refractivity contribution in [3.05, 3.63) is 0 Å². The second-order valence-corrected chi connectivity index (χ2v) is 6.88. The summed E-state index contributed by atoms with van der Waals surface area (Å²) in [6.07, 6.45) is 4.91. The van der Waals surface area contributed by atoms with Gasteiger partial charge in [0.25, 0.3) is 0 Å². The lowest BCUT2D eigenvalue weighted by Crippen LogP contribution is -2.53. The molecule has 2 rings (SSSR count). The van der Waals surface area contributed by atoms with Gasteiger partial charge < -0.3 is 15.7 Å². The van der Waals surface area contributed by atoms with E-state index < -0.39 is 0 Å².